The number of hydrogen-bond acceptors (Lipinski definition) is 4. The minimum Gasteiger partial charge on any atom is -0.469 e. The number of nitrogens with one attached hydrogen (secondary N) is 1. The van der Waals surface area contributed by atoms with Gasteiger partial charge in [-0.3, -0.25) is 9.48 Å². The van der Waals surface area contributed by atoms with Gasteiger partial charge < -0.3 is 9.73 Å². The molecule has 130 valence electrons. The fraction of sp³-hybridized carbons (Fsp3) is 0.278. The highest BCUT2D eigenvalue weighted by Crippen LogP contribution is 2.28. The van der Waals surface area contributed by atoms with E-state index in [9.17, 15) is 9.18 Å². The number of hydrogen-bond donors (Lipinski definition) is 1. The van der Waals surface area contributed by atoms with Crippen molar-refractivity contribution < 1.29 is 13.6 Å². The van der Waals surface area contributed by atoms with Crippen molar-refractivity contribution in [3.63, 3.8) is 0 Å². The van der Waals surface area contributed by atoms with Crippen LogP contribution in [0.15, 0.2) is 59.7 Å². The monoisotopic (exact) mass is 342 g/mol. The molecule has 1 N–H and O–H groups in total. The summed E-state index contributed by atoms with van der Waals surface area (Å²) in [7, 11) is 0. The fourth-order valence-electron chi connectivity index (χ4n) is 2.67. The van der Waals surface area contributed by atoms with Crippen LogP contribution in [0.4, 0.5) is 4.39 Å². The van der Waals surface area contributed by atoms with Crippen LogP contribution in [-0.4, -0.2) is 27.2 Å². The van der Waals surface area contributed by atoms with Gasteiger partial charge in [-0.15, -0.1) is 0 Å². The fourth-order valence-corrected chi connectivity index (χ4v) is 2.67. The maximum absolute atomic E-state index is 13.2. The zero-order valence-corrected chi connectivity index (χ0v) is 13.6. The Morgan fingerprint density at radius 1 is 1.28 bits per heavy atom. The van der Waals surface area contributed by atoms with Gasteiger partial charge in [-0.05, 0) is 36.2 Å². The van der Waals surface area contributed by atoms with Crippen molar-refractivity contribution in [2.75, 3.05) is 6.54 Å². The number of nitrogens with zero attached hydrogens (tertiary/aromatic N) is 3. The molecule has 0 radical (unpaired) electrons. The van der Waals surface area contributed by atoms with E-state index in [1.807, 2.05) is 12.1 Å². The van der Waals surface area contributed by atoms with E-state index in [0.29, 0.717) is 25.9 Å². The molecule has 2 heterocycles. The van der Waals surface area contributed by atoms with Gasteiger partial charge in [-0.25, -0.2) is 9.37 Å². The number of carbonyl (C=O) groups is 1. The number of aromatic nitrogens is 3. The molecule has 0 saturated carbocycles. The number of carbonyl (C=O) groups excluding carboxylic acids is 1. The predicted octanol–water partition coefficient (Wildman–Crippen LogP) is 2.74. The first-order valence-electron chi connectivity index (χ1n) is 8.10. The molecule has 0 fully saturated rings. The molecule has 3 aromatic rings. The second-order valence-electron chi connectivity index (χ2n) is 5.67. The molecule has 3 rings (SSSR count). The molecule has 2 aromatic heterocycles. The Bertz CT molecular complexity index is 770. The van der Waals surface area contributed by atoms with Crippen molar-refractivity contribution in [3.05, 3.63) is 72.5 Å². The van der Waals surface area contributed by atoms with E-state index >= 15 is 0 Å². The molecule has 1 atom stereocenters. The normalized spacial score (nSPS) is 12.0. The van der Waals surface area contributed by atoms with Gasteiger partial charge in [0, 0.05) is 18.9 Å². The smallest absolute Gasteiger partial charge is 0.221 e. The highest BCUT2D eigenvalue weighted by atomic mass is 19.1. The van der Waals surface area contributed by atoms with Crippen LogP contribution in [0.25, 0.3) is 0 Å². The molecule has 1 amide bonds. The summed E-state index contributed by atoms with van der Waals surface area (Å²) >= 11 is 0. The molecule has 0 spiro atoms. The van der Waals surface area contributed by atoms with E-state index in [-0.39, 0.29) is 17.6 Å². The van der Waals surface area contributed by atoms with Gasteiger partial charge in [-0.2, -0.15) is 5.10 Å². The highest BCUT2D eigenvalue weighted by molar-refractivity contribution is 5.75. The summed E-state index contributed by atoms with van der Waals surface area (Å²) in [5, 5.41) is 6.86. The van der Waals surface area contributed by atoms with Crippen LogP contribution in [0.1, 0.15) is 30.1 Å². The Kier molecular flexibility index (Phi) is 5.56. The number of aryl methyl sites for hydroxylation is 1. The number of rotatable bonds is 8. The molecule has 0 aliphatic carbocycles. The van der Waals surface area contributed by atoms with Gasteiger partial charge in [0.2, 0.25) is 5.91 Å². The Labute approximate surface area is 144 Å². The van der Waals surface area contributed by atoms with Gasteiger partial charge >= 0.3 is 0 Å². The SMILES string of the molecule is O=C(CCn1cncn1)NCC[C@@H](c1ccc(F)cc1)c1ccco1. The third-order valence-electron chi connectivity index (χ3n) is 3.95. The number of halogens is 1. The first kappa shape index (κ1) is 16.9. The average molecular weight is 342 g/mol. The Hall–Kier alpha value is -2.96. The topological polar surface area (TPSA) is 73.0 Å². The maximum atomic E-state index is 13.2. The van der Waals surface area contributed by atoms with Crippen molar-refractivity contribution in [2.24, 2.45) is 0 Å². The van der Waals surface area contributed by atoms with Crippen LogP contribution >= 0.6 is 0 Å². The highest BCUT2D eigenvalue weighted by Gasteiger charge is 2.17. The largest absolute Gasteiger partial charge is 0.469 e. The van der Waals surface area contributed by atoms with Crippen molar-refractivity contribution in [2.45, 2.75) is 25.3 Å². The lowest BCUT2D eigenvalue weighted by Gasteiger charge is -2.15. The summed E-state index contributed by atoms with van der Waals surface area (Å²) in [5.41, 5.74) is 0.952. The van der Waals surface area contributed by atoms with Crippen molar-refractivity contribution in [3.8, 4) is 0 Å². The Morgan fingerprint density at radius 3 is 2.80 bits per heavy atom. The number of furan rings is 1. The molecule has 0 saturated heterocycles. The van der Waals surface area contributed by atoms with Crippen LogP contribution in [0, 0.1) is 5.82 Å². The Morgan fingerprint density at radius 2 is 2.12 bits per heavy atom. The van der Waals surface area contributed by atoms with Gasteiger partial charge in [-0.1, -0.05) is 12.1 Å². The minimum atomic E-state index is -0.275. The summed E-state index contributed by atoms with van der Waals surface area (Å²) in [4.78, 5) is 15.8. The third kappa shape index (κ3) is 4.76. The second-order valence-corrected chi connectivity index (χ2v) is 5.67. The maximum Gasteiger partial charge on any atom is 0.221 e. The summed E-state index contributed by atoms with van der Waals surface area (Å²) in [6, 6.07) is 10.1. The third-order valence-corrected chi connectivity index (χ3v) is 3.95. The van der Waals surface area contributed by atoms with Gasteiger partial charge in [0.25, 0.3) is 0 Å². The molecular weight excluding hydrogens is 323 g/mol. The van der Waals surface area contributed by atoms with E-state index in [2.05, 4.69) is 15.4 Å². The minimum absolute atomic E-state index is 0.0359. The lowest BCUT2D eigenvalue weighted by Crippen LogP contribution is -2.26. The van der Waals surface area contributed by atoms with Gasteiger partial charge in [0.1, 0.15) is 24.2 Å². The quantitative estimate of drug-likeness (QED) is 0.683. The average Bonchev–Trinajstić information content (AvgIpc) is 3.31. The second kappa shape index (κ2) is 8.23. The summed E-state index contributed by atoms with van der Waals surface area (Å²) in [6.45, 7) is 0.990. The van der Waals surface area contributed by atoms with Crippen LogP contribution < -0.4 is 5.32 Å². The zero-order chi connectivity index (χ0) is 17.5. The molecule has 0 unspecified atom stereocenters. The number of benzene rings is 1. The molecule has 6 nitrogen and oxygen atoms in total. The van der Waals surface area contributed by atoms with Crippen LogP contribution in [0.2, 0.25) is 0 Å². The molecule has 0 aliphatic rings. The predicted molar refractivity (Wildman–Crippen MR) is 89.2 cm³/mol. The lowest BCUT2D eigenvalue weighted by atomic mass is 9.93. The van der Waals surface area contributed by atoms with Gasteiger partial charge in [0.05, 0.1) is 12.8 Å². The van der Waals surface area contributed by atoms with E-state index in [4.69, 9.17) is 4.42 Å². The van der Waals surface area contributed by atoms with Crippen LogP contribution in [0.3, 0.4) is 0 Å². The van der Waals surface area contributed by atoms with E-state index in [0.717, 1.165) is 11.3 Å². The lowest BCUT2D eigenvalue weighted by molar-refractivity contribution is -0.121. The summed E-state index contributed by atoms with van der Waals surface area (Å²) < 4.78 is 20.3. The first-order chi connectivity index (χ1) is 12.2. The van der Waals surface area contributed by atoms with Crippen molar-refractivity contribution in [1.29, 1.82) is 0 Å². The van der Waals surface area contributed by atoms with Crippen molar-refractivity contribution in [1.82, 2.24) is 20.1 Å². The van der Waals surface area contributed by atoms with Crippen LogP contribution in [0.5, 0.6) is 0 Å². The van der Waals surface area contributed by atoms with Gasteiger partial charge in [0.15, 0.2) is 0 Å². The summed E-state index contributed by atoms with van der Waals surface area (Å²) in [5.74, 6) is 0.436. The van der Waals surface area contributed by atoms with Crippen molar-refractivity contribution >= 4 is 5.91 Å². The molecule has 25 heavy (non-hydrogen) atoms. The number of amides is 1. The molecule has 1 aromatic carbocycles. The zero-order valence-electron chi connectivity index (χ0n) is 13.6. The molecule has 7 heteroatoms. The van der Waals surface area contributed by atoms with E-state index in [1.54, 1.807) is 29.4 Å². The van der Waals surface area contributed by atoms with Crippen LogP contribution in [-0.2, 0) is 11.3 Å². The summed E-state index contributed by atoms with van der Waals surface area (Å²) in [6.07, 6.45) is 5.63. The van der Waals surface area contributed by atoms with E-state index in [1.165, 1.54) is 18.5 Å². The molecular formula is C18H19FN4O2. The first-order valence-corrected chi connectivity index (χ1v) is 8.10. The molecule has 0 aliphatic heterocycles. The molecule has 0 bridgehead atoms. The van der Waals surface area contributed by atoms with E-state index < -0.39 is 0 Å². The standard InChI is InChI=1S/C18H19FN4O2/c19-15-5-3-14(4-6-15)16(17-2-1-11-25-17)7-9-21-18(24)8-10-23-13-20-12-22-23/h1-6,11-13,16H,7-10H2,(H,21,24)/t16-/m0/s1. The Balaban J connectivity index is 1.54.